The standard InChI is InChI=1S/C13H12N4S/c1-8(14)12-16-17-13(18-12)11-7-6-9-4-2-3-5-10(9)15-11/h2-8H,14H2,1H3. The van der Waals surface area contributed by atoms with Gasteiger partial charge in [0.2, 0.25) is 0 Å². The van der Waals surface area contributed by atoms with Gasteiger partial charge >= 0.3 is 0 Å². The molecule has 90 valence electrons. The quantitative estimate of drug-likeness (QED) is 0.765. The molecule has 0 spiro atoms. The number of hydrogen-bond acceptors (Lipinski definition) is 5. The molecule has 1 atom stereocenters. The molecule has 2 N–H and O–H groups in total. The van der Waals surface area contributed by atoms with Crippen molar-refractivity contribution in [1.29, 1.82) is 0 Å². The highest BCUT2D eigenvalue weighted by Gasteiger charge is 2.10. The second-order valence-electron chi connectivity index (χ2n) is 4.12. The Morgan fingerprint density at radius 2 is 1.94 bits per heavy atom. The van der Waals surface area contributed by atoms with Crippen LogP contribution in [0.15, 0.2) is 36.4 Å². The van der Waals surface area contributed by atoms with Crippen LogP contribution in [0.2, 0.25) is 0 Å². The van der Waals surface area contributed by atoms with Gasteiger partial charge in [0.25, 0.3) is 0 Å². The molecular formula is C13H12N4S. The van der Waals surface area contributed by atoms with Crippen molar-refractivity contribution in [3.63, 3.8) is 0 Å². The summed E-state index contributed by atoms with van der Waals surface area (Å²) < 4.78 is 0. The molecule has 18 heavy (non-hydrogen) atoms. The largest absolute Gasteiger partial charge is 0.322 e. The first-order valence-electron chi connectivity index (χ1n) is 5.69. The highest BCUT2D eigenvalue weighted by molar-refractivity contribution is 7.14. The number of aromatic nitrogens is 3. The zero-order chi connectivity index (χ0) is 12.5. The van der Waals surface area contributed by atoms with E-state index in [-0.39, 0.29) is 6.04 Å². The van der Waals surface area contributed by atoms with Crippen LogP contribution in [0.5, 0.6) is 0 Å². The van der Waals surface area contributed by atoms with Crippen molar-refractivity contribution in [3.8, 4) is 10.7 Å². The summed E-state index contributed by atoms with van der Waals surface area (Å²) in [6, 6.07) is 11.9. The molecule has 0 bridgehead atoms. The zero-order valence-corrected chi connectivity index (χ0v) is 10.7. The number of hydrogen-bond donors (Lipinski definition) is 1. The normalized spacial score (nSPS) is 12.8. The van der Waals surface area contributed by atoms with E-state index in [0.29, 0.717) is 0 Å². The SMILES string of the molecule is CC(N)c1nnc(-c2ccc3ccccc3n2)s1. The summed E-state index contributed by atoms with van der Waals surface area (Å²) in [4.78, 5) is 4.59. The number of rotatable bonds is 2. The highest BCUT2D eigenvalue weighted by atomic mass is 32.1. The number of nitrogens with two attached hydrogens (primary N) is 1. The third-order valence-corrected chi connectivity index (χ3v) is 3.79. The smallest absolute Gasteiger partial charge is 0.166 e. The van der Waals surface area contributed by atoms with Crippen LogP contribution in [0.1, 0.15) is 18.0 Å². The lowest BCUT2D eigenvalue weighted by molar-refractivity contribution is 0.786. The molecule has 1 unspecified atom stereocenters. The summed E-state index contributed by atoms with van der Waals surface area (Å²) in [7, 11) is 0. The summed E-state index contributed by atoms with van der Waals surface area (Å²) in [6.07, 6.45) is 0. The van der Waals surface area contributed by atoms with Crippen LogP contribution in [-0.2, 0) is 0 Å². The number of pyridine rings is 1. The lowest BCUT2D eigenvalue weighted by Crippen LogP contribution is -2.03. The monoisotopic (exact) mass is 256 g/mol. The molecule has 0 radical (unpaired) electrons. The van der Waals surface area contributed by atoms with Crippen molar-refractivity contribution in [3.05, 3.63) is 41.4 Å². The van der Waals surface area contributed by atoms with E-state index in [9.17, 15) is 0 Å². The second-order valence-corrected chi connectivity index (χ2v) is 5.13. The molecule has 5 heteroatoms. The lowest BCUT2D eigenvalue weighted by Gasteiger charge is -1.99. The van der Waals surface area contributed by atoms with Gasteiger partial charge in [-0.15, -0.1) is 10.2 Å². The summed E-state index contributed by atoms with van der Waals surface area (Å²) in [5.41, 5.74) is 7.59. The number of fused-ring (bicyclic) bond motifs is 1. The van der Waals surface area contributed by atoms with Gasteiger partial charge in [0, 0.05) is 5.39 Å². The van der Waals surface area contributed by atoms with Gasteiger partial charge in [0.1, 0.15) is 10.7 Å². The average molecular weight is 256 g/mol. The van der Waals surface area contributed by atoms with E-state index in [1.807, 2.05) is 43.3 Å². The first-order valence-corrected chi connectivity index (χ1v) is 6.51. The minimum absolute atomic E-state index is 0.0864. The maximum atomic E-state index is 5.78. The molecule has 0 saturated heterocycles. The van der Waals surface area contributed by atoms with E-state index in [1.165, 1.54) is 11.3 Å². The van der Waals surface area contributed by atoms with E-state index < -0.39 is 0 Å². The molecule has 0 saturated carbocycles. The molecule has 0 aliphatic carbocycles. The van der Waals surface area contributed by atoms with Crippen molar-refractivity contribution in [1.82, 2.24) is 15.2 Å². The van der Waals surface area contributed by atoms with Gasteiger partial charge < -0.3 is 5.73 Å². The van der Waals surface area contributed by atoms with Crippen LogP contribution in [0.25, 0.3) is 21.6 Å². The van der Waals surface area contributed by atoms with Gasteiger partial charge in [-0.3, -0.25) is 0 Å². The summed E-state index contributed by atoms with van der Waals surface area (Å²) >= 11 is 1.49. The van der Waals surface area contributed by atoms with Crippen LogP contribution in [0.4, 0.5) is 0 Å². The van der Waals surface area contributed by atoms with E-state index >= 15 is 0 Å². The van der Waals surface area contributed by atoms with Crippen molar-refractivity contribution in [2.24, 2.45) is 5.73 Å². The Bertz CT molecular complexity index is 690. The van der Waals surface area contributed by atoms with Gasteiger partial charge in [-0.05, 0) is 19.1 Å². The maximum Gasteiger partial charge on any atom is 0.166 e. The molecule has 4 nitrogen and oxygen atoms in total. The van der Waals surface area contributed by atoms with E-state index in [2.05, 4.69) is 15.2 Å². The van der Waals surface area contributed by atoms with Crippen LogP contribution < -0.4 is 5.73 Å². The molecule has 0 aliphatic heterocycles. The highest BCUT2D eigenvalue weighted by Crippen LogP contribution is 2.26. The first kappa shape index (κ1) is 11.3. The van der Waals surface area contributed by atoms with Crippen molar-refractivity contribution in [2.75, 3.05) is 0 Å². The third kappa shape index (κ3) is 1.98. The number of benzene rings is 1. The number of para-hydroxylation sites is 1. The van der Waals surface area contributed by atoms with Crippen LogP contribution in [0, 0.1) is 0 Å². The van der Waals surface area contributed by atoms with Gasteiger partial charge in [-0.2, -0.15) is 0 Å². The van der Waals surface area contributed by atoms with Crippen LogP contribution in [-0.4, -0.2) is 15.2 Å². The van der Waals surface area contributed by atoms with Crippen LogP contribution in [0.3, 0.4) is 0 Å². The fourth-order valence-corrected chi connectivity index (χ4v) is 2.47. The summed E-state index contributed by atoms with van der Waals surface area (Å²) in [5.74, 6) is 0. The maximum absolute atomic E-state index is 5.78. The van der Waals surface area contributed by atoms with E-state index in [1.54, 1.807) is 0 Å². The Morgan fingerprint density at radius 3 is 2.72 bits per heavy atom. The molecule has 3 aromatic rings. The second kappa shape index (κ2) is 4.44. The Hall–Kier alpha value is -1.85. The van der Waals surface area contributed by atoms with Gasteiger partial charge in [0.15, 0.2) is 5.01 Å². The minimum Gasteiger partial charge on any atom is -0.322 e. The predicted molar refractivity (Wildman–Crippen MR) is 73.2 cm³/mol. The molecule has 2 aromatic heterocycles. The van der Waals surface area contributed by atoms with Gasteiger partial charge in [0.05, 0.1) is 11.6 Å². The first-order chi connectivity index (χ1) is 8.74. The Morgan fingerprint density at radius 1 is 1.11 bits per heavy atom. The molecular weight excluding hydrogens is 244 g/mol. The van der Waals surface area contributed by atoms with Crippen molar-refractivity contribution < 1.29 is 0 Å². The topological polar surface area (TPSA) is 64.7 Å². The Balaban J connectivity index is 2.07. The van der Waals surface area contributed by atoms with Crippen molar-refractivity contribution >= 4 is 22.2 Å². The third-order valence-electron chi connectivity index (χ3n) is 2.65. The summed E-state index contributed by atoms with van der Waals surface area (Å²) in [5, 5.41) is 11.0. The molecule has 3 rings (SSSR count). The zero-order valence-electron chi connectivity index (χ0n) is 9.87. The van der Waals surface area contributed by atoms with Gasteiger partial charge in [-0.1, -0.05) is 35.6 Å². The van der Waals surface area contributed by atoms with E-state index in [4.69, 9.17) is 5.73 Å². The minimum atomic E-state index is -0.0864. The fourth-order valence-electron chi connectivity index (χ4n) is 1.71. The van der Waals surface area contributed by atoms with Crippen molar-refractivity contribution in [2.45, 2.75) is 13.0 Å². The average Bonchev–Trinajstić information content (AvgIpc) is 2.88. The predicted octanol–water partition coefficient (Wildman–Crippen LogP) is 2.77. The van der Waals surface area contributed by atoms with E-state index in [0.717, 1.165) is 26.6 Å². The summed E-state index contributed by atoms with van der Waals surface area (Å²) in [6.45, 7) is 1.90. The number of nitrogens with zero attached hydrogens (tertiary/aromatic N) is 3. The molecule has 0 fully saturated rings. The fraction of sp³-hybridized carbons (Fsp3) is 0.154. The Labute approximate surface area is 109 Å². The molecule has 1 aromatic carbocycles. The molecule has 0 amide bonds. The van der Waals surface area contributed by atoms with Crippen LogP contribution >= 0.6 is 11.3 Å². The lowest BCUT2D eigenvalue weighted by atomic mass is 10.2. The Kier molecular flexibility index (Phi) is 2.77. The molecule has 2 heterocycles. The molecule has 0 aliphatic rings. The van der Waals surface area contributed by atoms with Gasteiger partial charge in [-0.25, -0.2) is 4.98 Å².